The number of benzene rings is 1. The minimum absolute atomic E-state index is 0.109. The van der Waals surface area contributed by atoms with Gasteiger partial charge in [0.25, 0.3) is 0 Å². The molecule has 2 aromatic rings. The van der Waals surface area contributed by atoms with Crippen molar-refractivity contribution in [3.8, 4) is 0 Å². The molecular formula is C17H20N2O. The Labute approximate surface area is 120 Å². The maximum Gasteiger partial charge on any atom is 0.227 e. The number of anilines is 1. The largest absolute Gasteiger partial charge is 0.314 e. The number of aromatic nitrogens is 1. The van der Waals surface area contributed by atoms with Gasteiger partial charge in [0, 0.05) is 19.7 Å². The normalized spacial score (nSPS) is 10.3. The molecule has 1 aromatic heterocycles. The molecule has 3 nitrogen and oxygen atoms in total. The maximum absolute atomic E-state index is 12.1. The highest BCUT2D eigenvalue weighted by Gasteiger charge is 2.10. The Morgan fingerprint density at radius 3 is 2.45 bits per heavy atom. The van der Waals surface area contributed by atoms with Gasteiger partial charge >= 0.3 is 0 Å². The average Bonchev–Trinajstić information content (AvgIpc) is 2.53. The van der Waals surface area contributed by atoms with E-state index >= 15 is 0 Å². The van der Waals surface area contributed by atoms with Crippen molar-refractivity contribution in [3.05, 3.63) is 59.9 Å². The van der Waals surface area contributed by atoms with E-state index in [0.29, 0.717) is 6.42 Å². The van der Waals surface area contributed by atoms with Crippen molar-refractivity contribution >= 4 is 11.6 Å². The summed E-state index contributed by atoms with van der Waals surface area (Å²) in [6, 6.07) is 12.2. The quantitative estimate of drug-likeness (QED) is 0.834. The number of carbonyl (C=O) groups excluding carboxylic acids is 1. The molecule has 1 aromatic carbocycles. The van der Waals surface area contributed by atoms with E-state index < -0.39 is 0 Å². The molecule has 0 saturated carbocycles. The van der Waals surface area contributed by atoms with Crippen LogP contribution in [0.15, 0.2) is 48.8 Å². The topological polar surface area (TPSA) is 33.2 Å². The Bertz CT molecular complexity index is 549. The molecule has 3 heteroatoms. The van der Waals surface area contributed by atoms with Crippen molar-refractivity contribution in [2.24, 2.45) is 0 Å². The summed E-state index contributed by atoms with van der Waals surface area (Å²) in [6.45, 7) is 2.14. The molecule has 1 amide bonds. The van der Waals surface area contributed by atoms with Crippen LogP contribution in [0.4, 0.5) is 5.69 Å². The molecule has 0 atom stereocenters. The Morgan fingerprint density at radius 2 is 1.85 bits per heavy atom. The highest BCUT2D eigenvalue weighted by atomic mass is 16.2. The first-order chi connectivity index (χ1) is 9.70. The molecule has 2 rings (SSSR count). The molecule has 0 fully saturated rings. The lowest BCUT2D eigenvalue weighted by atomic mass is 10.1. The van der Waals surface area contributed by atoms with E-state index in [2.05, 4.69) is 36.2 Å². The van der Waals surface area contributed by atoms with Crippen molar-refractivity contribution in [2.45, 2.75) is 26.2 Å². The summed E-state index contributed by atoms with van der Waals surface area (Å²) in [7, 11) is 1.79. The lowest BCUT2D eigenvalue weighted by molar-refractivity contribution is -0.118. The lowest BCUT2D eigenvalue weighted by Gasteiger charge is -2.16. The SMILES string of the molecule is CCc1ccc(CCC(=O)N(C)c2cccnc2)cc1. The molecule has 0 spiro atoms. The zero-order valence-electron chi connectivity index (χ0n) is 12.0. The maximum atomic E-state index is 12.1. The standard InChI is InChI=1S/C17H20N2O/c1-3-14-6-8-15(9-7-14)10-11-17(20)19(2)16-5-4-12-18-13-16/h4-9,12-13H,3,10-11H2,1-2H3. The number of hydrogen-bond acceptors (Lipinski definition) is 2. The molecule has 0 radical (unpaired) electrons. The molecule has 0 unspecified atom stereocenters. The van der Waals surface area contributed by atoms with Crippen LogP contribution in [0.3, 0.4) is 0 Å². The van der Waals surface area contributed by atoms with Crippen LogP contribution in [-0.4, -0.2) is 17.9 Å². The van der Waals surface area contributed by atoms with Crippen LogP contribution < -0.4 is 4.90 Å². The van der Waals surface area contributed by atoms with Crippen LogP contribution in [0.5, 0.6) is 0 Å². The van der Waals surface area contributed by atoms with Gasteiger partial charge in [-0.25, -0.2) is 0 Å². The summed E-state index contributed by atoms with van der Waals surface area (Å²) in [6.07, 6.45) is 5.73. The van der Waals surface area contributed by atoms with Crippen LogP contribution in [0.2, 0.25) is 0 Å². The number of hydrogen-bond donors (Lipinski definition) is 0. The van der Waals surface area contributed by atoms with Crippen molar-refractivity contribution in [3.63, 3.8) is 0 Å². The van der Waals surface area contributed by atoms with Gasteiger partial charge in [-0.05, 0) is 36.1 Å². The second-order valence-corrected chi connectivity index (χ2v) is 4.83. The van der Waals surface area contributed by atoms with Gasteiger partial charge in [-0.15, -0.1) is 0 Å². The van der Waals surface area contributed by atoms with E-state index in [1.54, 1.807) is 24.3 Å². The Balaban J connectivity index is 1.91. The Morgan fingerprint density at radius 1 is 1.15 bits per heavy atom. The third kappa shape index (κ3) is 3.67. The smallest absolute Gasteiger partial charge is 0.227 e. The zero-order valence-corrected chi connectivity index (χ0v) is 12.0. The Hall–Kier alpha value is -2.16. The highest BCUT2D eigenvalue weighted by Crippen LogP contribution is 2.13. The summed E-state index contributed by atoms with van der Waals surface area (Å²) < 4.78 is 0. The van der Waals surface area contributed by atoms with Crippen LogP contribution in [-0.2, 0) is 17.6 Å². The minimum atomic E-state index is 0.109. The van der Waals surface area contributed by atoms with E-state index in [0.717, 1.165) is 18.5 Å². The first-order valence-corrected chi connectivity index (χ1v) is 6.95. The van der Waals surface area contributed by atoms with E-state index in [4.69, 9.17) is 0 Å². The molecule has 104 valence electrons. The summed E-state index contributed by atoms with van der Waals surface area (Å²) in [5, 5.41) is 0. The molecule has 0 saturated heterocycles. The monoisotopic (exact) mass is 268 g/mol. The third-order valence-electron chi connectivity index (χ3n) is 3.47. The summed E-state index contributed by atoms with van der Waals surface area (Å²) >= 11 is 0. The van der Waals surface area contributed by atoms with Gasteiger partial charge < -0.3 is 4.90 Å². The van der Waals surface area contributed by atoms with Crippen LogP contribution >= 0.6 is 0 Å². The summed E-state index contributed by atoms with van der Waals surface area (Å²) in [4.78, 5) is 17.8. The molecule has 20 heavy (non-hydrogen) atoms. The van der Waals surface area contributed by atoms with E-state index in [9.17, 15) is 4.79 Å². The second-order valence-electron chi connectivity index (χ2n) is 4.83. The molecular weight excluding hydrogens is 248 g/mol. The van der Waals surface area contributed by atoms with Crippen LogP contribution in [0, 0.1) is 0 Å². The zero-order chi connectivity index (χ0) is 14.4. The van der Waals surface area contributed by atoms with E-state index in [-0.39, 0.29) is 5.91 Å². The fourth-order valence-electron chi connectivity index (χ4n) is 2.06. The number of rotatable bonds is 5. The molecule has 0 N–H and O–H groups in total. The van der Waals surface area contributed by atoms with Gasteiger partial charge in [-0.3, -0.25) is 9.78 Å². The van der Waals surface area contributed by atoms with Gasteiger partial charge in [0.2, 0.25) is 5.91 Å². The first-order valence-electron chi connectivity index (χ1n) is 6.95. The molecule has 0 aliphatic heterocycles. The predicted octanol–water partition coefficient (Wildman–Crippen LogP) is 3.24. The Kier molecular flexibility index (Phi) is 4.88. The highest BCUT2D eigenvalue weighted by molar-refractivity contribution is 5.92. The molecule has 0 bridgehead atoms. The second kappa shape index (κ2) is 6.85. The van der Waals surface area contributed by atoms with E-state index in [1.165, 1.54) is 11.1 Å². The summed E-state index contributed by atoms with van der Waals surface area (Å²) in [5.41, 5.74) is 3.36. The number of aryl methyl sites for hydroxylation is 2. The molecule has 0 aliphatic carbocycles. The number of nitrogens with zero attached hydrogens (tertiary/aromatic N) is 2. The van der Waals surface area contributed by atoms with Gasteiger partial charge in [0.15, 0.2) is 0 Å². The van der Waals surface area contributed by atoms with Crippen LogP contribution in [0.1, 0.15) is 24.5 Å². The minimum Gasteiger partial charge on any atom is -0.314 e. The van der Waals surface area contributed by atoms with Gasteiger partial charge in [0.1, 0.15) is 0 Å². The summed E-state index contributed by atoms with van der Waals surface area (Å²) in [5.74, 6) is 0.109. The predicted molar refractivity (Wildman–Crippen MR) is 81.8 cm³/mol. The number of amides is 1. The third-order valence-corrected chi connectivity index (χ3v) is 3.47. The van der Waals surface area contributed by atoms with Crippen molar-refractivity contribution in [1.82, 2.24) is 4.98 Å². The van der Waals surface area contributed by atoms with Gasteiger partial charge in [0.05, 0.1) is 11.9 Å². The van der Waals surface area contributed by atoms with Crippen molar-refractivity contribution < 1.29 is 4.79 Å². The van der Waals surface area contributed by atoms with Crippen molar-refractivity contribution in [1.29, 1.82) is 0 Å². The molecule has 0 aliphatic rings. The fraction of sp³-hybridized carbons (Fsp3) is 0.294. The first kappa shape index (κ1) is 14.3. The van der Waals surface area contributed by atoms with Crippen LogP contribution in [0.25, 0.3) is 0 Å². The van der Waals surface area contributed by atoms with Gasteiger partial charge in [-0.1, -0.05) is 31.2 Å². The average molecular weight is 268 g/mol. The van der Waals surface area contributed by atoms with Crippen molar-refractivity contribution in [2.75, 3.05) is 11.9 Å². The lowest BCUT2D eigenvalue weighted by Crippen LogP contribution is -2.26. The number of carbonyl (C=O) groups is 1. The molecule has 1 heterocycles. The fourth-order valence-corrected chi connectivity index (χ4v) is 2.06. The van der Waals surface area contributed by atoms with E-state index in [1.807, 2.05) is 12.1 Å². The van der Waals surface area contributed by atoms with Gasteiger partial charge in [-0.2, -0.15) is 0 Å². The number of pyridine rings is 1.